The van der Waals surface area contributed by atoms with Crippen LogP contribution in [-0.2, 0) is 9.84 Å². The number of aryl methyl sites for hydroxylation is 1. The number of nitro benzene ring substituents is 1. The lowest BCUT2D eigenvalue weighted by atomic mass is 10.2. The van der Waals surface area contributed by atoms with E-state index in [1.807, 2.05) is 0 Å². The fraction of sp³-hybridized carbons (Fsp3) is 0.400. The van der Waals surface area contributed by atoms with Crippen molar-refractivity contribution in [2.45, 2.75) is 25.2 Å². The van der Waals surface area contributed by atoms with Crippen LogP contribution in [0.4, 0.5) is 10.1 Å². The molecular formula is C10H12FNO4S. The van der Waals surface area contributed by atoms with Crippen LogP contribution >= 0.6 is 0 Å². The lowest BCUT2D eigenvalue weighted by Gasteiger charge is -2.06. The summed E-state index contributed by atoms with van der Waals surface area (Å²) in [5, 5.41) is 10.5. The van der Waals surface area contributed by atoms with Crippen molar-refractivity contribution in [3.05, 3.63) is 33.6 Å². The molecule has 0 radical (unpaired) electrons. The molecule has 0 N–H and O–H groups in total. The second-order valence-electron chi connectivity index (χ2n) is 3.65. The maximum atomic E-state index is 13.2. The third-order valence-corrected chi connectivity index (χ3v) is 4.30. The van der Waals surface area contributed by atoms with Crippen LogP contribution in [-0.4, -0.2) is 19.1 Å². The van der Waals surface area contributed by atoms with Crippen LogP contribution < -0.4 is 0 Å². The maximum Gasteiger partial charge on any atom is 0.306 e. The molecule has 1 aromatic rings. The molecule has 0 amide bonds. The van der Waals surface area contributed by atoms with E-state index in [-0.39, 0.29) is 16.2 Å². The number of hydrogen-bond acceptors (Lipinski definition) is 4. The molecule has 1 rings (SSSR count). The summed E-state index contributed by atoms with van der Waals surface area (Å²) in [6, 6.07) is 1.66. The molecule has 0 atom stereocenters. The number of rotatable bonds is 4. The Morgan fingerprint density at radius 2 is 2.00 bits per heavy atom. The first-order chi connectivity index (χ1) is 7.79. The molecule has 0 aromatic heterocycles. The molecule has 0 bridgehead atoms. The van der Waals surface area contributed by atoms with Crippen molar-refractivity contribution < 1.29 is 17.7 Å². The average Bonchev–Trinajstić information content (AvgIpc) is 2.15. The molecule has 5 nitrogen and oxygen atoms in total. The summed E-state index contributed by atoms with van der Waals surface area (Å²) >= 11 is 0. The van der Waals surface area contributed by atoms with Gasteiger partial charge in [0, 0.05) is 6.07 Å². The molecule has 0 aliphatic carbocycles. The highest BCUT2D eigenvalue weighted by molar-refractivity contribution is 7.91. The van der Waals surface area contributed by atoms with E-state index in [1.54, 1.807) is 6.92 Å². The second kappa shape index (κ2) is 4.79. The van der Waals surface area contributed by atoms with Gasteiger partial charge >= 0.3 is 5.69 Å². The van der Waals surface area contributed by atoms with Gasteiger partial charge in [-0.3, -0.25) is 10.1 Å². The lowest BCUT2D eigenvalue weighted by molar-refractivity contribution is -0.387. The number of nitro groups is 1. The first-order valence-corrected chi connectivity index (χ1v) is 6.62. The average molecular weight is 261 g/mol. The topological polar surface area (TPSA) is 77.3 Å². The van der Waals surface area contributed by atoms with Gasteiger partial charge in [0.05, 0.1) is 15.6 Å². The Hall–Kier alpha value is -1.50. The predicted molar refractivity (Wildman–Crippen MR) is 60.1 cm³/mol. The Labute approximate surface area is 98.3 Å². The second-order valence-corrected chi connectivity index (χ2v) is 5.72. The molecule has 1 aromatic carbocycles. The van der Waals surface area contributed by atoms with E-state index in [2.05, 4.69) is 0 Å². The zero-order valence-electron chi connectivity index (χ0n) is 9.44. The number of halogens is 1. The van der Waals surface area contributed by atoms with Crippen molar-refractivity contribution >= 4 is 15.5 Å². The van der Waals surface area contributed by atoms with E-state index in [0.717, 1.165) is 12.1 Å². The fourth-order valence-electron chi connectivity index (χ4n) is 1.50. The molecular weight excluding hydrogens is 249 g/mol. The summed E-state index contributed by atoms with van der Waals surface area (Å²) in [5.74, 6) is -1.14. The van der Waals surface area contributed by atoms with Gasteiger partial charge in [-0.1, -0.05) is 6.92 Å². The van der Waals surface area contributed by atoms with Crippen molar-refractivity contribution in [1.82, 2.24) is 0 Å². The largest absolute Gasteiger partial charge is 0.306 e. The van der Waals surface area contributed by atoms with Crippen molar-refractivity contribution in [2.75, 3.05) is 5.75 Å². The van der Waals surface area contributed by atoms with Crippen molar-refractivity contribution in [1.29, 1.82) is 0 Å². The minimum Gasteiger partial charge on any atom is -0.258 e. The highest BCUT2D eigenvalue weighted by Crippen LogP contribution is 2.26. The van der Waals surface area contributed by atoms with Gasteiger partial charge in [-0.05, 0) is 25.0 Å². The van der Waals surface area contributed by atoms with E-state index in [4.69, 9.17) is 0 Å². The number of nitrogens with zero attached hydrogens (tertiary/aromatic N) is 1. The Morgan fingerprint density at radius 3 is 2.47 bits per heavy atom. The molecule has 17 heavy (non-hydrogen) atoms. The summed E-state index contributed by atoms with van der Waals surface area (Å²) in [7, 11) is -3.58. The molecule has 0 aliphatic heterocycles. The number of hydrogen-bond donors (Lipinski definition) is 0. The Kier molecular flexibility index (Phi) is 3.82. The van der Waals surface area contributed by atoms with Gasteiger partial charge < -0.3 is 0 Å². The summed E-state index contributed by atoms with van der Waals surface area (Å²) < 4.78 is 36.8. The molecule has 94 valence electrons. The zero-order valence-corrected chi connectivity index (χ0v) is 10.3. The fourth-order valence-corrected chi connectivity index (χ4v) is 3.09. The van der Waals surface area contributed by atoms with Gasteiger partial charge in [0.15, 0.2) is 9.84 Å². The Bertz CT molecular complexity index is 554. The molecule has 0 heterocycles. The third-order valence-electron chi connectivity index (χ3n) is 2.25. The number of benzene rings is 1. The molecule has 7 heteroatoms. The van der Waals surface area contributed by atoms with Crippen LogP contribution in [0.3, 0.4) is 0 Å². The minimum atomic E-state index is -3.58. The third kappa shape index (κ3) is 2.79. The minimum absolute atomic E-state index is 0.114. The predicted octanol–water partition coefficient (Wildman–Crippen LogP) is 2.23. The maximum absolute atomic E-state index is 13.2. The highest BCUT2D eigenvalue weighted by atomic mass is 32.2. The number of sulfone groups is 1. The zero-order chi connectivity index (χ0) is 13.2. The van der Waals surface area contributed by atoms with Crippen molar-refractivity contribution in [2.24, 2.45) is 0 Å². The Morgan fingerprint density at radius 1 is 1.41 bits per heavy atom. The van der Waals surface area contributed by atoms with Gasteiger partial charge in [-0.15, -0.1) is 0 Å². The van der Waals surface area contributed by atoms with Crippen molar-refractivity contribution in [3.8, 4) is 0 Å². The summed E-state index contributed by atoms with van der Waals surface area (Å²) in [5.41, 5.74) is -0.633. The van der Waals surface area contributed by atoms with Gasteiger partial charge in [0.25, 0.3) is 0 Å². The van der Waals surface area contributed by atoms with E-state index < -0.39 is 26.3 Å². The summed E-state index contributed by atoms with van der Waals surface area (Å²) in [6.45, 7) is 3.10. The quantitative estimate of drug-likeness (QED) is 0.473. The van der Waals surface area contributed by atoms with Gasteiger partial charge in [0.1, 0.15) is 0 Å². The van der Waals surface area contributed by atoms with Gasteiger partial charge in [-0.25, -0.2) is 8.42 Å². The van der Waals surface area contributed by atoms with Crippen LogP contribution in [0, 0.1) is 22.9 Å². The molecule has 0 saturated heterocycles. The molecule has 0 saturated carbocycles. The van der Waals surface area contributed by atoms with E-state index in [0.29, 0.717) is 6.42 Å². The van der Waals surface area contributed by atoms with E-state index >= 15 is 0 Å². The van der Waals surface area contributed by atoms with Crippen LogP contribution in [0.2, 0.25) is 0 Å². The lowest BCUT2D eigenvalue weighted by Crippen LogP contribution is -2.09. The van der Waals surface area contributed by atoms with Crippen LogP contribution in [0.1, 0.15) is 18.9 Å². The normalized spacial score (nSPS) is 11.5. The molecule has 0 spiro atoms. The molecule has 0 aliphatic rings. The standard InChI is InChI=1S/C10H12FNO4S/c1-3-4-17(15,16)10-6-9(12(13)14)8(11)5-7(10)2/h5-6H,3-4H2,1-2H3. The van der Waals surface area contributed by atoms with Crippen LogP contribution in [0.25, 0.3) is 0 Å². The van der Waals surface area contributed by atoms with Gasteiger partial charge in [0.2, 0.25) is 5.82 Å². The highest BCUT2D eigenvalue weighted by Gasteiger charge is 2.23. The van der Waals surface area contributed by atoms with Gasteiger partial charge in [-0.2, -0.15) is 4.39 Å². The smallest absolute Gasteiger partial charge is 0.258 e. The van der Waals surface area contributed by atoms with Crippen molar-refractivity contribution in [3.63, 3.8) is 0 Å². The monoisotopic (exact) mass is 261 g/mol. The van der Waals surface area contributed by atoms with Crippen LogP contribution in [0.5, 0.6) is 0 Å². The van der Waals surface area contributed by atoms with E-state index in [1.165, 1.54) is 6.92 Å². The summed E-state index contributed by atoms with van der Waals surface area (Å²) in [4.78, 5) is 9.44. The van der Waals surface area contributed by atoms with E-state index in [9.17, 15) is 22.9 Å². The summed E-state index contributed by atoms with van der Waals surface area (Å²) in [6.07, 6.45) is 0.396. The first kappa shape index (κ1) is 13.6. The first-order valence-electron chi connectivity index (χ1n) is 4.97. The molecule has 0 unspecified atom stereocenters. The Balaban J connectivity index is 3.45. The SMILES string of the molecule is CCCS(=O)(=O)c1cc([N+](=O)[O-])c(F)cc1C. The van der Waals surface area contributed by atoms with Crippen LogP contribution in [0.15, 0.2) is 17.0 Å². The molecule has 0 fully saturated rings.